The molecule has 1 aromatic carbocycles. The average Bonchev–Trinajstić information content (AvgIpc) is 3.45. The maximum atomic E-state index is 11.9. The van der Waals surface area contributed by atoms with Gasteiger partial charge in [-0.3, -0.25) is 4.79 Å². The van der Waals surface area contributed by atoms with E-state index in [9.17, 15) is 4.79 Å². The van der Waals surface area contributed by atoms with Crippen LogP contribution in [0.5, 0.6) is 5.75 Å². The lowest BCUT2D eigenvalue weighted by molar-refractivity contribution is -0.145. The fourth-order valence-corrected chi connectivity index (χ4v) is 4.38. The van der Waals surface area contributed by atoms with Gasteiger partial charge in [0.25, 0.3) is 0 Å². The lowest BCUT2D eigenvalue weighted by Gasteiger charge is -2.26. The minimum absolute atomic E-state index is 0.0356. The molecule has 3 heterocycles. The number of anilines is 2. The van der Waals surface area contributed by atoms with Gasteiger partial charge in [0.05, 0.1) is 36.9 Å². The van der Waals surface area contributed by atoms with Gasteiger partial charge in [-0.1, -0.05) is 0 Å². The highest BCUT2D eigenvalue weighted by Gasteiger charge is 2.44. The fraction of sp³-hybridized carbons (Fsp3) is 0.478. The Labute approximate surface area is 186 Å². The van der Waals surface area contributed by atoms with E-state index in [1.165, 1.54) is 11.1 Å². The standard InChI is InChI=1S/C23H28N6O3/c1-4-32-22(30)18-7-16(18)13-29-21-17(11-25-29)10-24-23(27-21)26-19-8-15-12-28(2)6-5-14(15)9-20(19)31-3/h8-11,16,18H,4-7,12-13H2,1-3H3,(H,24,26,27)/t16-,18-/m0/s1. The zero-order chi connectivity index (χ0) is 22.2. The SMILES string of the molecule is CCOC(=O)[C@H]1C[C@H]1Cn1ncc2cnc(Nc3cc4c(cc3OC)CCN(C)C4)nc21. The molecule has 1 fully saturated rings. The molecule has 2 atom stereocenters. The van der Waals surface area contributed by atoms with E-state index in [1.54, 1.807) is 19.5 Å². The topological polar surface area (TPSA) is 94.4 Å². The fourth-order valence-electron chi connectivity index (χ4n) is 4.38. The predicted octanol–water partition coefficient (Wildman–Crippen LogP) is 2.77. The summed E-state index contributed by atoms with van der Waals surface area (Å²) in [4.78, 5) is 23.4. The Balaban J connectivity index is 1.37. The van der Waals surface area contributed by atoms with Crippen molar-refractivity contribution in [2.45, 2.75) is 32.9 Å². The number of nitrogens with one attached hydrogen (secondary N) is 1. The van der Waals surface area contributed by atoms with Gasteiger partial charge >= 0.3 is 5.97 Å². The number of aromatic nitrogens is 4. The predicted molar refractivity (Wildman–Crippen MR) is 120 cm³/mol. The van der Waals surface area contributed by atoms with Gasteiger partial charge in [-0.15, -0.1) is 0 Å². The van der Waals surface area contributed by atoms with Crippen molar-refractivity contribution >= 4 is 28.6 Å². The zero-order valence-corrected chi connectivity index (χ0v) is 18.7. The van der Waals surface area contributed by atoms with Crippen molar-refractivity contribution in [3.8, 4) is 5.75 Å². The van der Waals surface area contributed by atoms with E-state index in [4.69, 9.17) is 14.5 Å². The Morgan fingerprint density at radius 2 is 2.16 bits per heavy atom. The van der Waals surface area contributed by atoms with Crippen LogP contribution < -0.4 is 10.1 Å². The van der Waals surface area contributed by atoms with Crippen LogP contribution in [0.2, 0.25) is 0 Å². The van der Waals surface area contributed by atoms with Gasteiger partial charge in [0.2, 0.25) is 5.95 Å². The Morgan fingerprint density at radius 1 is 1.28 bits per heavy atom. The number of fused-ring (bicyclic) bond motifs is 2. The van der Waals surface area contributed by atoms with Crippen LogP contribution in [-0.2, 0) is 29.0 Å². The normalized spacial score (nSPS) is 20.1. The number of rotatable bonds is 7. The molecule has 2 aliphatic rings. The third-order valence-electron chi connectivity index (χ3n) is 6.27. The minimum atomic E-state index is -0.115. The highest BCUT2D eigenvalue weighted by Crippen LogP contribution is 2.41. The Bertz CT molecular complexity index is 1160. The van der Waals surface area contributed by atoms with E-state index in [-0.39, 0.29) is 17.8 Å². The van der Waals surface area contributed by atoms with Crippen molar-refractivity contribution in [3.63, 3.8) is 0 Å². The molecule has 9 heteroatoms. The van der Waals surface area contributed by atoms with Crippen molar-refractivity contribution in [1.29, 1.82) is 0 Å². The molecule has 1 aliphatic heterocycles. The highest BCUT2D eigenvalue weighted by atomic mass is 16.5. The number of carbonyl (C=O) groups is 1. The van der Waals surface area contributed by atoms with Crippen molar-refractivity contribution in [2.24, 2.45) is 11.8 Å². The van der Waals surface area contributed by atoms with Gasteiger partial charge < -0.3 is 19.7 Å². The summed E-state index contributed by atoms with van der Waals surface area (Å²) in [7, 11) is 3.81. The molecule has 1 N–H and O–H groups in total. The van der Waals surface area contributed by atoms with Gasteiger partial charge in [-0.2, -0.15) is 10.1 Å². The maximum Gasteiger partial charge on any atom is 0.309 e. The molecule has 3 aromatic rings. The summed E-state index contributed by atoms with van der Waals surface area (Å²) < 4.78 is 12.6. The molecule has 0 amide bonds. The molecule has 168 valence electrons. The molecule has 0 saturated heterocycles. The molecular weight excluding hydrogens is 408 g/mol. The number of benzene rings is 1. The number of likely N-dealkylation sites (N-methyl/N-ethyl adjacent to an activating group) is 1. The Morgan fingerprint density at radius 3 is 2.97 bits per heavy atom. The minimum Gasteiger partial charge on any atom is -0.495 e. The second-order valence-electron chi connectivity index (χ2n) is 8.59. The van der Waals surface area contributed by atoms with E-state index < -0.39 is 0 Å². The summed E-state index contributed by atoms with van der Waals surface area (Å²) in [6.07, 6.45) is 5.37. The highest BCUT2D eigenvalue weighted by molar-refractivity contribution is 5.77. The molecule has 0 spiro atoms. The van der Waals surface area contributed by atoms with Gasteiger partial charge in [-0.05, 0) is 56.0 Å². The lowest BCUT2D eigenvalue weighted by atomic mass is 9.99. The molecule has 1 aliphatic carbocycles. The van der Waals surface area contributed by atoms with Crippen LogP contribution >= 0.6 is 0 Å². The molecule has 9 nitrogen and oxygen atoms in total. The number of methoxy groups -OCH3 is 1. The van der Waals surface area contributed by atoms with Crippen LogP contribution in [0.1, 0.15) is 24.5 Å². The first kappa shape index (κ1) is 20.7. The summed E-state index contributed by atoms with van der Waals surface area (Å²) in [6.45, 7) is 4.83. The number of esters is 1. The first-order valence-electron chi connectivity index (χ1n) is 11.1. The van der Waals surface area contributed by atoms with Crippen LogP contribution in [0.4, 0.5) is 11.6 Å². The molecule has 0 radical (unpaired) electrons. The first-order valence-corrected chi connectivity index (χ1v) is 11.1. The Kier molecular flexibility index (Phi) is 5.42. The van der Waals surface area contributed by atoms with Crippen LogP contribution in [-0.4, -0.2) is 57.9 Å². The van der Waals surface area contributed by atoms with E-state index in [1.807, 2.05) is 11.6 Å². The average molecular weight is 437 g/mol. The number of ether oxygens (including phenoxy) is 2. The monoisotopic (exact) mass is 436 g/mol. The van der Waals surface area contributed by atoms with E-state index in [0.717, 1.165) is 48.4 Å². The third kappa shape index (κ3) is 4.00. The molecule has 0 bridgehead atoms. The maximum absolute atomic E-state index is 11.9. The van der Waals surface area contributed by atoms with Crippen molar-refractivity contribution < 1.29 is 14.3 Å². The van der Waals surface area contributed by atoms with Gasteiger partial charge in [0, 0.05) is 25.8 Å². The summed E-state index contributed by atoms with van der Waals surface area (Å²) >= 11 is 0. The van der Waals surface area contributed by atoms with Gasteiger partial charge in [0.15, 0.2) is 5.65 Å². The second-order valence-corrected chi connectivity index (χ2v) is 8.59. The Hall–Kier alpha value is -3.20. The number of nitrogens with zero attached hydrogens (tertiary/aromatic N) is 5. The van der Waals surface area contributed by atoms with E-state index in [0.29, 0.717) is 19.1 Å². The summed E-state index contributed by atoms with van der Waals surface area (Å²) in [6, 6.07) is 4.24. The van der Waals surface area contributed by atoms with Gasteiger partial charge in [0.1, 0.15) is 5.75 Å². The molecule has 5 rings (SSSR count). The van der Waals surface area contributed by atoms with Crippen LogP contribution in [0, 0.1) is 11.8 Å². The van der Waals surface area contributed by atoms with Crippen LogP contribution in [0.3, 0.4) is 0 Å². The first-order chi connectivity index (χ1) is 15.6. The number of hydrogen-bond acceptors (Lipinski definition) is 8. The molecule has 0 unspecified atom stereocenters. The summed E-state index contributed by atoms with van der Waals surface area (Å²) in [5.41, 5.74) is 4.19. The summed E-state index contributed by atoms with van der Waals surface area (Å²) in [5.74, 6) is 1.35. The van der Waals surface area contributed by atoms with Crippen molar-refractivity contribution in [2.75, 3.05) is 32.6 Å². The third-order valence-corrected chi connectivity index (χ3v) is 6.27. The smallest absolute Gasteiger partial charge is 0.309 e. The lowest BCUT2D eigenvalue weighted by Crippen LogP contribution is -2.26. The van der Waals surface area contributed by atoms with E-state index >= 15 is 0 Å². The molecular formula is C23H28N6O3. The van der Waals surface area contributed by atoms with Crippen LogP contribution in [0.25, 0.3) is 11.0 Å². The largest absolute Gasteiger partial charge is 0.495 e. The number of carbonyl (C=O) groups excluding carboxylic acids is 1. The quantitative estimate of drug-likeness (QED) is 0.565. The molecule has 2 aromatic heterocycles. The molecule has 32 heavy (non-hydrogen) atoms. The van der Waals surface area contributed by atoms with Gasteiger partial charge in [-0.25, -0.2) is 9.67 Å². The van der Waals surface area contributed by atoms with Crippen LogP contribution in [0.15, 0.2) is 24.5 Å². The van der Waals surface area contributed by atoms with Crippen molar-refractivity contribution in [3.05, 3.63) is 35.7 Å². The van der Waals surface area contributed by atoms with E-state index in [2.05, 4.69) is 39.5 Å². The summed E-state index contributed by atoms with van der Waals surface area (Å²) in [5, 5.41) is 8.66. The second kappa shape index (κ2) is 8.38. The molecule has 1 saturated carbocycles. The number of hydrogen-bond donors (Lipinski definition) is 1. The zero-order valence-electron chi connectivity index (χ0n) is 18.7. The van der Waals surface area contributed by atoms with Crippen molar-refractivity contribution in [1.82, 2.24) is 24.6 Å².